The summed E-state index contributed by atoms with van der Waals surface area (Å²) in [6.45, 7) is 3.07. The van der Waals surface area contributed by atoms with Gasteiger partial charge in [-0.25, -0.2) is 8.42 Å². The number of amides is 1. The predicted molar refractivity (Wildman–Crippen MR) is 123 cm³/mol. The van der Waals surface area contributed by atoms with E-state index in [1.807, 2.05) is 37.5 Å². The number of thioether (sulfide) groups is 1. The van der Waals surface area contributed by atoms with Crippen LogP contribution < -0.4 is 10.2 Å². The Morgan fingerprint density at radius 1 is 1.19 bits per heavy atom. The van der Waals surface area contributed by atoms with Crippen molar-refractivity contribution in [3.8, 4) is 0 Å². The van der Waals surface area contributed by atoms with E-state index in [0.29, 0.717) is 23.9 Å². The highest BCUT2D eigenvalue weighted by Gasteiger charge is 2.27. The number of anilines is 2. The maximum atomic E-state index is 13.1. The minimum absolute atomic E-state index is 0.145. The quantitative estimate of drug-likeness (QED) is 0.596. The molecule has 2 heterocycles. The van der Waals surface area contributed by atoms with Crippen LogP contribution in [-0.4, -0.2) is 66.3 Å². The average Bonchev–Trinajstić information content (AvgIpc) is 3.12. The van der Waals surface area contributed by atoms with Crippen LogP contribution in [0.4, 0.5) is 11.4 Å². The molecule has 0 aliphatic carbocycles. The summed E-state index contributed by atoms with van der Waals surface area (Å²) < 4.78 is 29.5. The molecule has 170 valence electrons. The number of piperidine rings is 1. The second-order valence-electron chi connectivity index (χ2n) is 7.69. The fraction of sp³-hybridized carbons (Fsp3) is 0.550. The number of rotatable bonds is 8. The van der Waals surface area contributed by atoms with Gasteiger partial charge in [-0.15, -0.1) is 10.2 Å². The van der Waals surface area contributed by atoms with E-state index in [9.17, 15) is 13.2 Å². The average molecular weight is 467 g/mol. The van der Waals surface area contributed by atoms with E-state index in [4.69, 9.17) is 0 Å². The Morgan fingerprint density at radius 3 is 2.52 bits per heavy atom. The van der Waals surface area contributed by atoms with Crippen molar-refractivity contribution in [2.75, 3.05) is 43.2 Å². The van der Waals surface area contributed by atoms with Gasteiger partial charge in [0.05, 0.1) is 22.0 Å². The van der Waals surface area contributed by atoms with Gasteiger partial charge < -0.3 is 14.8 Å². The summed E-state index contributed by atoms with van der Waals surface area (Å²) >= 11 is 1.29. The minimum Gasteiger partial charge on any atom is -0.376 e. The Balaban J connectivity index is 1.77. The highest BCUT2D eigenvalue weighted by molar-refractivity contribution is 7.99. The van der Waals surface area contributed by atoms with Gasteiger partial charge in [0.15, 0.2) is 5.16 Å². The zero-order valence-electron chi connectivity index (χ0n) is 18.5. The van der Waals surface area contributed by atoms with Crippen molar-refractivity contribution in [3.63, 3.8) is 0 Å². The molecule has 3 rings (SSSR count). The minimum atomic E-state index is -3.59. The second-order valence-corrected chi connectivity index (χ2v) is 10.6. The summed E-state index contributed by atoms with van der Waals surface area (Å²) in [5.41, 5.74) is 1.21. The Kier molecular flexibility index (Phi) is 7.60. The molecule has 0 radical (unpaired) electrons. The van der Waals surface area contributed by atoms with Gasteiger partial charge in [-0.05, 0) is 31.0 Å². The van der Waals surface area contributed by atoms with Crippen LogP contribution in [0.15, 0.2) is 28.3 Å². The van der Waals surface area contributed by atoms with Gasteiger partial charge in [0.2, 0.25) is 15.9 Å². The van der Waals surface area contributed by atoms with E-state index >= 15 is 0 Å². The number of nitrogens with zero attached hydrogens (tertiary/aromatic N) is 5. The monoisotopic (exact) mass is 466 g/mol. The van der Waals surface area contributed by atoms with Crippen molar-refractivity contribution in [2.45, 2.75) is 42.7 Å². The fourth-order valence-corrected chi connectivity index (χ4v) is 5.79. The zero-order chi connectivity index (χ0) is 22.6. The molecule has 0 unspecified atom stereocenters. The number of carbonyl (C=O) groups excluding carboxylic acids is 1. The molecule has 11 heteroatoms. The van der Waals surface area contributed by atoms with Crippen LogP contribution in [0.2, 0.25) is 0 Å². The Bertz CT molecular complexity index is 1030. The molecule has 1 saturated heterocycles. The predicted octanol–water partition coefficient (Wildman–Crippen LogP) is 2.35. The Labute approximate surface area is 188 Å². The smallest absolute Gasteiger partial charge is 0.243 e. The van der Waals surface area contributed by atoms with E-state index in [1.165, 1.54) is 16.1 Å². The standard InChI is InChI=1S/C20H30N6O3S2/c1-5-18-22-23-20(25(18)4)30-14-19(27)21-16-13-15(9-10-17(16)24(2)3)31(28,29)26-11-7-6-8-12-26/h9-10,13H,5-8,11-12,14H2,1-4H3,(H,21,27). The Morgan fingerprint density at radius 2 is 1.90 bits per heavy atom. The van der Waals surface area contributed by atoms with E-state index in [-0.39, 0.29) is 16.6 Å². The number of hydrogen-bond acceptors (Lipinski definition) is 7. The van der Waals surface area contributed by atoms with Gasteiger partial charge in [-0.2, -0.15) is 4.31 Å². The Hall–Kier alpha value is -2.11. The molecule has 0 atom stereocenters. The summed E-state index contributed by atoms with van der Waals surface area (Å²) in [7, 11) is 1.99. The molecule has 1 N–H and O–H groups in total. The third-order valence-electron chi connectivity index (χ3n) is 5.25. The summed E-state index contributed by atoms with van der Waals surface area (Å²) in [5, 5.41) is 11.8. The van der Waals surface area contributed by atoms with Crippen LogP contribution in [0.1, 0.15) is 32.0 Å². The lowest BCUT2D eigenvalue weighted by atomic mass is 10.2. The van der Waals surface area contributed by atoms with E-state index in [0.717, 1.165) is 37.2 Å². The molecular formula is C20H30N6O3S2. The third-order valence-corrected chi connectivity index (χ3v) is 8.17. The molecule has 0 bridgehead atoms. The first kappa shape index (κ1) is 23.6. The molecule has 1 amide bonds. The van der Waals surface area contributed by atoms with Gasteiger partial charge in [0, 0.05) is 40.7 Å². The topological polar surface area (TPSA) is 100 Å². The van der Waals surface area contributed by atoms with E-state index in [2.05, 4.69) is 15.5 Å². The maximum Gasteiger partial charge on any atom is 0.243 e. The summed E-state index contributed by atoms with van der Waals surface area (Å²) in [6, 6.07) is 4.89. The number of nitrogens with one attached hydrogen (secondary N) is 1. The van der Waals surface area contributed by atoms with Gasteiger partial charge in [-0.1, -0.05) is 25.1 Å². The van der Waals surface area contributed by atoms with Crippen molar-refractivity contribution in [1.82, 2.24) is 19.1 Å². The lowest BCUT2D eigenvalue weighted by Crippen LogP contribution is -2.35. The van der Waals surface area contributed by atoms with Crippen molar-refractivity contribution < 1.29 is 13.2 Å². The van der Waals surface area contributed by atoms with Crippen LogP contribution in [0, 0.1) is 0 Å². The first-order valence-corrected chi connectivity index (χ1v) is 12.8. The SMILES string of the molecule is CCc1nnc(SCC(=O)Nc2cc(S(=O)(=O)N3CCCCC3)ccc2N(C)C)n1C. The van der Waals surface area contributed by atoms with Crippen molar-refractivity contribution in [3.05, 3.63) is 24.0 Å². The van der Waals surface area contributed by atoms with Gasteiger partial charge in [-0.3, -0.25) is 4.79 Å². The molecule has 31 heavy (non-hydrogen) atoms. The number of benzene rings is 1. The van der Waals surface area contributed by atoms with Crippen LogP contribution >= 0.6 is 11.8 Å². The molecule has 1 aliphatic heterocycles. The number of carbonyl (C=O) groups is 1. The molecule has 0 spiro atoms. The molecule has 1 fully saturated rings. The van der Waals surface area contributed by atoms with Crippen LogP contribution in [-0.2, 0) is 28.3 Å². The largest absolute Gasteiger partial charge is 0.376 e. The third kappa shape index (κ3) is 5.39. The molecule has 1 aromatic heterocycles. The van der Waals surface area contributed by atoms with Crippen LogP contribution in [0.5, 0.6) is 0 Å². The molecular weight excluding hydrogens is 436 g/mol. The number of hydrogen-bond donors (Lipinski definition) is 1. The van der Waals surface area contributed by atoms with Crippen molar-refractivity contribution >= 4 is 39.1 Å². The molecule has 0 saturated carbocycles. The summed E-state index contributed by atoms with van der Waals surface area (Å²) in [5.74, 6) is 0.765. The number of aryl methyl sites for hydroxylation is 1. The van der Waals surface area contributed by atoms with Crippen molar-refractivity contribution in [1.29, 1.82) is 0 Å². The van der Waals surface area contributed by atoms with Gasteiger partial charge >= 0.3 is 0 Å². The maximum absolute atomic E-state index is 13.1. The lowest BCUT2D eigenvalue weighted by Gasteiger charge is -2.26. The zero-order valence-corrected chi connectivity index (χ0v) is 20.1. The fourth-order valence-electron chi connectivity index (χ4n) is 3.52. The first-order chi connectivity index (χ1) is 14.7. The van der Waals surface area contributed by atoms with Gasteiger partial charge in [0.25, 0.3) is 0 Å². The summed E-state index contributed by atoms with van der Waals surface area (Å²) in [4.78, 5) is 14.7. The number of aromatic nitrogens is 3. The second kappa shape index (κ2) is 10.0. The highest BCUT2D eigenvalue weighted by atomic mass is 32.2. The molecule has 9 nitrogen and oxygen atoms in total. The van der Waals surface area contributed by atoms with Crippen LogP contribution in [0.3, 0.4) is 0 Å². The van der Waals surface area contributed by atoms with E-state index < -0.39 is 10.0 Å². The number of sulfonamides is 1. The lowest BCUT2D eigenvalue weighted by molar-refractivity contribution is -0.113. The first-order valence-electron chi connectivity index (χ1n) is 10.4. The molecule has 1 aliphatic rings. The normalized spacial score (nSPS) is 15.1. The summed E-state index contributed by atoms with van der Waals surface area (Å²) in [6.07, 6.45) is 3.56. The molecule has 1 aromatic carbocycles. The van der Waals surface area contributed by atoms with Crippen LogP contribution in [0.25, 0.3) is 0 Å². The van der Waals surface area contributed by atoms with E-state index in [1.54, 1.807) is 18.2 Å². The van der Waals surface area contributed by atoms with Crippen molar-refractivity contribution in [2.24, 2.45) is 7.05 Å². The molecule has 2 aromatic rings. The highest BCUT2D eigenvalue weighted by Crippen LogP contribution is 2.30. The van der Waals surface area contributed by atoms with Gasteiger partial charge in [0.1, 0.15) is 5.82 Å².